The van der Waals surface area contributed by atoms with Gasteiger partial charge in [-0.3, -0.25) is 4.79 Å². The van der Waals surface area contributed by atoms with Gasteiger partial charge in [-0.1, -0.05) is 6.07 Å². The van der Waals surface area contributed by atoms with E-state index in [9.17, 15) is 13.2 Å². The van der Waals surface area contributed by atoms with Gasteiger partial charge in [0, 0.05) is 43.1 Å². The predicted molar refractivity (Wildman–Crippen MR) is 120 cm³/mol. The normalized spacial score (nSPS) is 17.8. The second-order valence-corrected chi connectivity index (χ2v) is 10.1. The Morgan fingerprint density at radius 2 is 1.50 bits per heavy atom. The van der Waals surface area contributed by atoms with Gasteiger partial charge >= 0.3 is 0 Å². The van der Waals surface area contributed by atoms with Crippen LogP contribution in [-0.4, -0.2) is 44.8 Å². The molecule has 0 aliphatic carbocycles. The molecule has 7 heteroatoms. The third-order valence-corrected chi connectivity index (χ3v) is 7.90. The summed E-state index contributed by atoms with van der Waals surface area (Å²) in [4.78, 5) is 15.4. The maximum absolute atomic E-state index is 12.9. The van der Waals surface area contributed by atoms with Crippen molar-refractivity contribution in [2.75, 3.05) is 36.4 Å². The van der Waals surface area contributed by atoms with Crippen LogP contribution in [0.25, 0.3) is 0 Å². The Morgan fingerprint density at radius 3 is 2.17 bits per heavy atom. The monoisotopic (exact) mass is 427 g/mol. The van der Waals surface area contributed by atoms with E-state index < -0.39 is 10.0 Å². The fourth-order valence-corrected chi connectivity index (χ4v) is 5.73. The van der Waals surface area contributed by atoms with Crippen molar-refractivity contribution in [2.45, 2.75) is 43.9 Å². The SMILES string of the molecule is Cc1ccc(S(=O)(=O)N2CCCC2)cc1C(=O)Nc1ccc(N2CCCCC2)cc1. The second-order valence-electron chi connectivity index (χ2n) is 8.14. The first-order valence-corrected chi connectivity index (χ1v) is 12.2. The molecule has 2 aliphatic heterocycles. The molecule has 1 N–H and O–H groups in total. The molecular weight excluding hydrogens is 398 g/mol. The highest BCUT2D eigenvalue weighted by Gasteiger charge is 2.28. The van der Waals surface area contributed by atoms with E-state index in [1.54, 1.807) is 12.1 Å². The molecule has 2 heterocycles. The van der Waals surface area contributed by atoms with Crippen LogP contribution in [0.4, 0.5) is 11.4 Å². The van der Waals surface area contributed by atoms with Gasteiger partial charge in [0.05, 0.1) is 4.90 Å². The number of aryl methyl sites for hydroxylation is 1. The van der Waals surface area contributed by atoms with Crippen LogP contribution in [0.1, 0.15) is 48.0 Å². The van der Waals surface area contributed by atoms with Crippen molar-refractivity contribution in [1.29, 1.82) is 0 Å². The van der Waals surface area contributed by atoms with Gasteiger partial charge in [-0.15, -0.1) is 0 Å². The Kier molecular flexibility index (Phi) is 6.11. The van der Waals surface area contributed by atoms with Gasteiger partial charge in [0.15, 0.2) is 0 Å². The standard InChI is InChI=1S/C23H29N3O3S/c1-18-7-12-21(30(28,29)26-15-5-6-16-26)17-22(18)23(27)24-19-8-10-20(11-9-19)25-13-3-2-4-14-25/h7-12,17H,2-6,13-16H2,1H3,(H,24,27). The number of carbonyl (C=O) groups is 1. The van der Waals surface area contributed by atoms with Gasteiger partial charge in [0.25, 0.3) is 5.91 Å². The third kappa shape index (κ3) is 4.37. The highest BCUT2D eigenvalue weighted by molar-refractivity contribution is 7.89. The number of carbonyl (C=O) groups excluding carboxylic acids is 1. The number of benzene rings is 2. The first-order chi connectivity index (χ1) is 14.4. The lowest BCUT2D eigenvalue weighted by molar-refractivity contribution is 0.102. The quantitative estimate of drug-likeness (QED) is 0.782. The molecule has 2 aliphatic rings. The molecule has 0 unspecified atom stereocenters. The summed E-state index contributed by atoms with van der Waals surface area (Å²) >= 11 is 0. The molecule has 1 amide bonds. The molecule has 0 atom stereocenters. The Hall–Kier alpha value is -2.38. The van der Waals surface area contributed by atoms with Crippen LogP contribution in [0.2, 0.25) is 0 Å². The fourth-order valence-electron chi connectivity index (χ4n) is 4.19. The number of anilines is 2. The van der Waals surface area contributed by atoms with E-state index >= 15 is 0 Å². The topological polar surface area (TPSA) is 69.7 Å². The zero-order valence-corrected chi connectivity index (χ0v) is 18.2. The molecule has 2 aromatic rings. The lowest BCUT2D eigenvalue weighted by atomic mass is 10.1. The van der Waals surface area contributed by atoms with Crippen molar-refractivity contribution in [2.24, 2.45) is 0 Å². The number of hydrogen-bond donors (Lipinski definition) is 1. The van der Waals surface area contributed by atoms with Crippen LogP contribution in [0.15, 0.2) is 47.4 Å². The highest BCUT2D eigenvalue weighted by Crippen LogP contribution is 2.25. The molecule has 0 aromatic heterocycles. The van der Waals surface area contributed by atoms with Crippen molar-refractivity contribution >= 4 is 27.3 Å². The van der Waals surface area contributed by atoms with E-state index in [-0.39, 0.29) is 10.8 Å². The maximum atomic E-state index is 12.9. The largest absolute Gasteiger partial charge is 0.372 e. The minimum atomic E-state index is -3.55. The van der Waals surface area contributed by atoms with E-state index in [1.165, 1.54) is 35.3 Å². The van der Waals surface area contributed by atoms with Crippen molar-refractivity contribution in [3.63, 3.8) is 0 Å². The third-order valence-electron chi connectivity index (χ3n) is 6.00. The summed E-state index contributed by atoms with van der Waals surface area (Å²) in [5, 5.41) is 2.91. The Balaban J connectivity index is 1.50. The summed E-state index contributed by atoms with van der Waals surface area (Å²) in [6.07, 6.45) is 5.48. The smallest absolute Gasteiger partial charge is 0.255 e. The van der Waals surface area contributed by atoms with Crippen LogP contribution in [0, 0.1) is 6.92 Å². The van der Waals surface area contributed by atoms with E-state index in [4.69, 9.17) is 0 Å². The summed E-state index contributed by atoms with van der Waals surface area (Å²) in [6.45, 7) is 5.05. The number of sulfonamides is 1. The maximum Gasteiger partial charge on any atom is 0.255 e. The lowest BCUT2D eigenvalue weighted by Gasteiger charge is -2.28. The fraction of sp³-hybridized carbons (Fsp3) is 0.435. The van der Waals surface area contributed by atoms with E-state index in [0.29, 0.717) is 24.3 Å². The van der Waals surface area contributed by atoms with Crippen LogP contribution < -0.4 is 10.2 Å². The number of rotatable bonds is 5. The summed E-state index contributed by atoms with van der Waals surface area (Å²) < 4.78 is 27.2. The van der Waals surface area contributed by atoms with Crippen LogP contribution in [-0.2, 0) is 10.0 Å². The van der Waals surface area contributed by atoms with Gasteiger partial charge in [-0.25, -0.2) is 8.42 Å². The van der Waals surface area contributed by atoms with E-state index in [2.05, 4.69) is 10.2 Å². The first kappa shape index (κ1) is 20.9. The molecule has 4 rings (SSSR count). The molecule has 0 bridgehead atoms. The average molecular weight is 428 g/mol. The zero-order chi connectivity index (χ0) is 21.1. The number of nitrogens with one attached hydrogen (secondary N) is 1. The van der Waals surface area contributed by atoms with Gasteiger partial charge in [0.1, 0.15) is 0 Å². The minimum absolute atomic E-state index is 0.181. The van der Waals surface area contributed by atoms with Gasteiger partial charge in [0.2, 0.25) is 10.0 Å². The summed E-state index contributed by atoms with van der Waals surface area (Å²) in [6, 6.07) is 12.7. The average Bonchev–Trinajstić information content (AvgIpc) is 3.31. The number of hydrogen-bond acceptors (Lipinski definition) is 4. The highest BCUT2D eigenvalue weighted by atomic mass is 32.2. The van der Waals surface area contributed by atoms with Crippen molar-refractivity contribution in [1.82, 2.24) is 4.31 Å². The number of amides is 1. The summed E-state index contributed by atoms with van der Waals surface area (Å²) in [7, 11) is -3.55. The van der Waals surface area contributed by atoms with Gasteiger partial charge in [-0.2, -0.15) is 4.31 Å². The van der Waals surface area contributed by atoms with Crippen LogP contribution in [0.5, 0.6) is 0 Å². The molecule has 160 valence electrons. The van der Waals surface area contributed by atoms with Crippen molar-refractivity contribution < 1.29 is 13.2 Å². The molecule has 6 nitrogen and oxygen atoms in total. The van der Waals surface area contributed by atoms with Crippen LogP contribution >= 0.6 is 0 Å². The number of piperidine rings is 1. The molecule has 2 saturated heterocycles. The van der Waals surface area contributed by atoms with Crippen molar-refractivity contribution in [3.05, 3.63) is 53.6 Å². The molecular formula is C23H29N3O3S. The molecule has 2 fully saturated rings. The van der Waals surface area contributed by atoms with Gasteiger partial charge in [-0.05, 0) is 81.0 Å². The molecule has 2 aromatic carbocycles. The summed E-state index contributed by atoms with van der Waals surface area (Å²) in [5.41, 5.74) is 3.00. The Bertz CT molecular complexity index is 1010. The zero-order valence-electron chi connectivity index (χ0n) is 17.4. The predicted octanol–water partition coefficient (Wildman–Crippen LogP) is 4.02. The molecule has 0 radical (unpaired) electrons. The molecule has 0 spiro atoms. The first-order valence-electron chi connectivity index (χ1n) is 10.7. The molecule has 0 saturated carbocycles. The lowest BCUT2D eigenvalue weighted by Crippen LogP contribution is -2.29. The summed E-state index contributed by atoms with van der Waals surface area (Å²) in [5.74, 6) is -0.295. The number of nitrogens with zero attached hydrogens (tertiary/aromatic N) is 2. The minimum Gasteiger partial charge on any atom is -0.372 e. The second kappa shape index (κ2) is 8.78. The van der Waals surface area contributed by atoms with Gasteiger partial charge < -0.3 is 10.2 Å². The Morgan fingerprint density at radius 1 is 0.867 bits per heavy atom. The van der Waals surface area contributed by atoms with E-state index in [1.807, 2.05) is 31.2 Å². The molecule has 30 heavy (non-hydrogen) atoms. The van der Waals surface area contributed by atoms with Crippen LogP contribution in [0.3, 0.4) is 0 Å². The van der Waals surface area contributed by atoms with E-state index in [0.717, 1.165) is 31.5 Å². The Labute approximate surface area is 178 Å². The van der Waals surface area contributed by atoms with Crippen molar-refractivity contribution in [3.8, 4) is 0 Å².